The summed E-state index contributed by atoms with van der Waals surface area (Å²) >= 11 is 5.90. The predicted molar refractivity (Wildman–Crippen MR) is 161 cm³/mol. The molecule has 0 radical (unpaired) electrons. The smallest absolute Gasteiger partial charge is 0.288 e. The van der Waals surface area contributed by atoms with Gasteiger partial charge < -0.3 is 29.9 Å². The maximum atomic E-state index is 13.5. The third kappa shape index (κ3) is 6.58. The van der Waals surface area contributed by atoms with Gasteiger partial charge in [0.25, 0.3) is 17.5 Å². The molecule has 1 atom stereocenters. The third-order valence-electron chi connectivity index (χ3n) is 7.46. The van der Waals surface area contributed by atoms with E-state index in [1.54, 1.807) is 19.2 Å². The van der Waals surface area contributed by atoms with Crippen LogP contribution in [0.5, 0.6) is 5.75 Å². The summed E-state index contributed by atoms with van der Waals surface area (Å²) < 4.78 is 11.2. The number of carbonyl (C=O) groups is 2. The molecule has 12 heteroatoms. The van der Waals surface area contributed by atoms with Gasteiger partial charge in [0.1, 0.15) is 10.8 Å². The molecule has 2 aliphatic rings. The number of methoxy groups -OCH3 is 1. The fourth-order valence-electron chi connectivity index (χ4n) is 5.25. The molecule has 11 nitrogen and oxygen atoms in total. The maximum Gasteiger partial charge on any atom is 0.288 e. The molecule has 3 aromatic carbocycles. The molecule has 0 aromatic heterocycles. The van der Waals surface area contributed by atoms with E-state index in [0.29, 0.717) is 37.5 Å². The van der Waals surface area contributed by atoms with Gasteiger partial charge in [0, 0.05) is 62.3 Å². The van der Waals surface area contributed by atoms with Crippen LogP contribution < -0.4 is 25.2 Å². The van der Waals surface area contributed by atoms with E-state index in [0.717, 1.165) is 49.1 Å². The number of nitro benzene ring substituents is 1. The summed E-state index contributed by atoms with van der Waals surface area (Å²) in [5.41, 5.74) is 2.29. The van der Waals surface area contributed by atoms with Crippen LogP contribution in [0.15, 0.2) is 60.7 Å². The lowest BCUT2D eigenvalue weighted by Gasteiger charge is -2.38. The Morgan fingerprint density at radius 1 is 1.02 bits per heavy atom. The van der Waals surface area contributed by atoms with Crippen LogP contribution >= 0.6 is 11.6 Å². The SMILES string of the molecule is COc1ccccc1N1CCN(c2ccc(NC(=O)c3ccc(Cl)c([N+](=O)[O-])c3)cc2C(=O)NC[C@@H]2CCCO2)CC1. The second kappa shape index (κ2) is 13.1. The first kappa shape index (κ1) is 29.2. The Morgan fingerprint density at radius 2 is 1.76 bits per heavy atom. The summed E-state index contributed by atoms with van der Waals surface area (Å²) in [7, 11) is 1.66. The molecule has 2 amide bonds. The van der Waals surface area contributed by atoms with Gasteiger partial charge >= 0.3 is 0 Å². The molecule has 0 spiro atoms. The fraction of sp³-hybridized carbons (Fsp3) is 0.333. The van der Waals surface area contributed by atoms with E-state index in [9.17, 15) is 19.7 Å². The van der Waals surface area contributed by atoms with Gasteiger partial charge in [-0.15, -0.1) is 0 Å². The van der Waals surface area contributed by atoms with Gasteiger partial charge in [-0.1, -0.05) is 23.7 Å². The molecule has 2 N–H and O–H groups in total. The van der Waals surface area contributed by atoms with E-state index >= 15 is 0 Å². The largest absolute Gasteiger partial charge is 0.495 e. The van der Waals surface area contributed by atoms with Crippen molar-refractivity contribution >= 4 is 46.2 Å². The highest BCUT2D eigenvalue weighted by atomic mass is 35.5. The van der Waals surface area contributed by atoms with Gasteiger partial charge in [0.2, 0.25) is 0 Å². The number of amides is 2. The Labute approximate surface area is 248 Å². The minimum atomic E-state index is -0.641. The monoisotopic (exact) mass is 593 g/mol. The number of nitrogens with zero attached hydrogens (tertiary/aromatic N) is 3. The first-order chi connectivity index (χ1) is 20.3. The Kier molecular flexibility index (Phi) is 9.09. The second-order valence-electron chi connectivity index (χ2n) is 10.1. The number of halogens is 1. The van der Waals surface area contributed by atoms with Crippen molar-refractivity contribution in [2.75, 3.05) is 61.6 Å². The number of ether oxygens (including phenoxy) is 2. The quantitative estimate of drug-likeness (QED) is 0.269. The van der Waals surface area contributed by atoms with E-state index in [1.165, 1.54) is 12.1 Å². The highest BCUT2D eigenvalue weighted by molar-refractivity contribution is 6.32. The van der Waals surface area contributed by atoms with Crippen LogP contribution in [0.25, 0.3) is 0 Å². The molecular weight excluding hydrogens is 562 g/mol. The lowest BCUT2D eigenvalue weighted by Crippen LogP contribution is -2.47. The maximum absolute atomic E-state index is 13.5. The molecule has 0 saturated carbocycles. The number of nitrogens with one attached hydrogen (secondary N) is 2. The second-order valence-corrected chi connectivity index (χ2v) is 10.5. The van der Waals surface area contributed by atoms with Crippen molar-refractivity contribution in [1.29, 1.82) is 0 Å². The number of anilines is 3. The number of para-hydroxylation sites is 2. The molecule has 42 heavy (non-hydrogen) atoms. The molecule has 2 fully saturated rings. The van der Waals surface area contributed by atoms with Crippen LogP contribution in [-0.2, 0) is 4.74 Å². The molecule has 5 rings (SSSR count). The topological polar surface area (TPSA) is 126 Å². The zero-order valence-electron chi connectivity index (χ0n) is 23.2. The lowest BCUT2D eigenvalue weighted by atomic mass is 10.1. The number of hydrogen-bond acceptors (Lipinski definition) is 8. The fourth-order valence-corrected chi connectivity index (χ4v) is 5.44. The van der Waals surface area contributed by atoms with Crippen molar-refractivity contribution in [2.24, 2.45) is 0 Å². The summed E-state index contributed by atoms with van der Waals surface area (Å²) in [6, 6.07) is 16.9. The van der Waals surface area contributed by atoms with Gasteiger partial charge in [-0.3, -0.25) is 19.7 Å². The van der Waals surface area contributed by atoms with E-state index in [1.807, 2.05) is 30.3 Å². The van der Waals surface area contributed by atoms with Gasteiger partial charge in [-0.2, -0.15) is 0 Å². The number of piperazine rings is 1. The van der Waals surface area contributed by atoms with Gasteiger partial charge in [0.15, 0.2) is 0 Å². The first-order valence-electron chi connectivity index (χ1n) is 13.8. The summed E-state index contributed by atoms with van der Waals surface area (Å²) in [5, 5.41) is 17.0. The lowest BCUT2D eigenvalue weighted by molar-refractivity contribution is -0.384. The number of hydrogen-bond donors (Lipinski definition) is 2. The van der Waals surface area contributed by atoms with Gasteiger partial charge in [0.05, 0.1) is 29.4 Å². The van der Waals surface area contributed by atoms with Crippen LogP contribution in [0.3, 0.4) is 0 Å². The number of benzene rings is 3. The number of rotatable bonds is 9. The summed E-state index contributed by atoms with van der Waals surface area (Å²) in [4.78, 5) is 41.5. The molecule has 2 heterocycles. The van der Waals surface area contributed by atoms with Gasteiger partial charge in [-0.05, 0) is 55.3 Å². The molecule has 2 aliphatic heterocycles. The Morgan fingerprint density at radius 3 is 2.45 bits per heavy atom. The highest BCUT2D eigenvalue weighted by Crippen LogP contribution is 2.31. The van der Waals surface area contributed by atoms with Crippen LogP contribution in [-0.4, -0.2) is 69.3 Å². The Bertz CT molecular complexity index is 1470. The number of nitro groups is 1. The van der Waals surface area contributed by atoms with Crippen LogP contribution in [0.4, 0.5) is 22.7 Å². The normalized spacial score (nSPS) is 16.7. The average molecular weight is 594 g/mol. The van der Waals surface area contributed by atoms with Crippen molar-refractivity contribution in [3.8, 4) is 5.75 Å². The summed E-state index contributed by atoms with van der Waals surface area (Å²) in [6.07, 6.45) is 1.83. The third-order valence-corrected chi connectivity index (χ3v) is 7.78. The zero-order chi connectivity index (χ0) is 29.6. The van der Waals surface area contributed by atoms with Crippen molar-refractivity contribution in [1.82, 2.24) is 5.32 Å². The molecule has 220 valence electrons. The zero-order valence-corrected chi connectivity index (χ0v) is 23.9. The molecule has 0 aliphatic carbocycles. The predicted octanol–water partition coefficient (Wildman–Crippen LogP) is 4.74. The van der Waals surface area contributed by atoms with Crippen molar-refractivity contribution in [2.45, 2.75) is 18.9 Å². The van der Waals surface area contributed by atoms with Crippen molar-refractivity contribution in [3.63, 3.8) is 0 Å². The van der Waals surface area contributed by atoms with E-state index < -0.39 is 10.8 Å². The minimum absolute atomic E-state index is 0.0228. The molecular formula is C30H32ClN5O6. The van der Waals surface area contributed by atoms with Crippen LogP contribution in [0.2, 0.25) is 5.02 Å². The summed E-state index contributed by atoms with van der Waals surface area (Å²) in [6.45, 7) is 3.88. The van der Waals surface area contributed by atoms with Crippen molar-refractivity contribution < 1.29 is 24.0 Å². The number of carbonyl (C=O) groups excluding carboxylic acids is 2. The minimum Gasteiger partial charge on any atom is -0.495 e. The molecule has 2 saturated heterocycles. The molecule has 0 bridgehead atoms. The average Bonchev–Trinajstić information content (AvgIpc) is 3.54. The van der Waals surface area contributed by atoms with E-state index in [2.05, 4.69) is 20.4 Å². The van der Waals surface area contributed by atoms with Gasteiger partial charge in [-0.25, -0.2) is 0 Å². The van der Waals surface area contributed by atoms with E-state index in [-0.39, 0.29) is 28.3 Å². The first-order valence-corrected chi connectivity index (χ1v) is 14.1. The molecule has 3 aromatic rings. The Hall–Kier alpha value is -4.35. The highest BCUT2D eigenvalue weighted by Gasteiger charge is 2.25. The Balaban J connectivity index is 1.36. The van der Waals surface area contributed by atoms with E-state index in [4.69, 9.17) is 21.1 Å². The van der Waals surface area contributed by atoms with Crippen LogP contribution in [0.1, 0.15) is 33.6 Å². The van der Waals surface area contributed by atoms with Crippen LogP contribution in [0, 0.1) is 10.1 Å². The molecule has 0 unspecified atom stereocenters. The summed E-state index contributed by atoms with van der Waals surface area (Å²) in [5.74, 6) is -0.0178. The standard InChI is InChI=1S/C30H32ClN5O6/c1-41-28-7-3-2-6-26(28)35-14-12-34(13-15-35)25-11-9-21(18-23(25)30(38)32-19-22-5-4-16-42-22)33-29(37)20-8-10-24(31)27(17-20)36(39)40/h2-3,6-11,17-18,22H,4-5,12-16,19H2,1H3,(H,32,38)(H,33,37)/t22-/m0/s1. The van der Waals surface area contributed by atoms with Crippen molar-refractivity contribution in [3.05, 3.63) is 86.9 Å².